The molecule has 136 valence electrons. The van der Waals surface area contributed by atoms with Crippen molar-refractivity contribution in [1.82, 2.24) is 10.6 Å². The summed E-state index contributed by atoms with van der Waals surface area (Å²) < 4.78 is 0.971. The summed E-state index contributed by atoms with van der Waals surface area (Å²) in [4.78, 5) is 24.3. The molecule has 0 aliphatic rings. The molecule has 2 aromatic rings. The van der Waals surface area contributed by atoms with Crippen LogP contribution >= 0.6 is 34.8 Å². The summed E-state index contributed by atoms with van der Waals surface area (Å²) in [7, 11) is 0. The standard InChI is InChI=1S/C19H20IN3O2S/c1-19(2,3)23-17(25)12-7-9-15(10-8-12)21-18(26)22-16(24)13-5-4-6-14(20)11-13/h4-11H,1-3H3,(H,23,25)(H2,21,22,24,26). The Hall–Kier alpha value is -2.00. The highest BCUT2D eigenvalue weighted by Crippen LogP contribution is 2.12. The van der Waals surface area contributed by atoms with Crippen LogP contribution in [-0.4, -0.2) is 22.5 Å². The summed E-state index contributed by atoms with van der Waals surface area (Å²) in [6.45, 7) is 5.78. The Kier molecular flexibility index (Phi) is 6.71. The molecule has 0 saturated heterocycles. The number of carbonyl (C=O) groups is 2. The molecule has 0 fully saturated rings. The highest BCUT2D eigenvalue weighted by Gasteiger charge is 2.15. The average Bonchev–Trinajstić information content (AvgIpc) is 2.53. The average molecular weight is 481 g/mol. The maximum Gasteiger partial charge on any atom is 0.257 e. The van der Waals surface area contributed by atoms with Gasteiger partial charge in [-0.1, -0.05) is 6.07 Å². The molecular weight excluding hydrogens is 461 g/mol. The maximum atomic E-state index is 12.2. The second-order valence-electron chi connectivity index (χ2n) is 6.70. The first-order chi connectivity index (χ1) is 12.1. The highest BCUT2D eigenvalue weighted by atomic mass is 127. The fraction of sp³-hybridized carbons (Fsp3) is 0.211. The van der Waals surface area contributed by atoms with E-state index in [0.29, 0.717) is 16.8 Å². The Morgan fingerprint density at radius 1 is 0.962 bits per heavy atom. The van der Waals surface area contributed by atoms with Gasteiger partial charge in [-0.3, -0.25) is 14.9 Å². The summed E-state index contributed by atoms with van der Waals surface area (Å²) in [5.41, 5.74) is 1.48. The van der Waals surface area contributed by atoms with E-state index in [4.69, 9.17) is 12.2 Å². The van der Waals surface area contributed by atoms with E-state index in [-0.39, 0.29) is 22.5 Å². The van der Waals surface area contributed by atoms with Gasteiger partial charge in [0.2, 0.25) is 0 Å². The lowest BCUT2D eigenvalue weighted by atomic mass is 10.1. The molecule has 0 aliphatic carbocycles. The quantitative estimate of drug-likeness (QED) is 0.459. The van der Waals surface area contributed by atoms with E-state index >= 15 is 0 Å². The van der Waals surface area contributed by atoms with Gasteiger partial charge < -0.3 is 10.6 Å². The number of amides is 2. The number of carbonyl (C=O) groups excluding carboxylic acids is 2. The van der Waals surface area contributed by atoms with E-state index in [9.17, 15) is 9.59 Å². The number of benzene rings is 2. The van der Waals surface area contributed by atoms with E-state index in [1.807, 2.05) is 32.9 Å². The molecule has 0 spiro atoms. The molecule has 7 heteroatoms. The van der Waals surface area contributed by atoms with Crippen molar-refractivity contribution in [2.24, 2.45) is 0 Å². The van der Waals surface area contributed by atoms with Crippen LogP contribution in [0.2, 0.25) is 0 Å². The largest absolute Gasteiger partial charge is 0.347 e. The number of thiocarbonyl (C=S) groups is 1. The molecule has 26 heavy (non-hydrogen) atoms. The predicted molar refractivity (Wildman–Crippen MR) is 117 cm³/mol. The van der Waals surface area contributed by atoms with E-state index < -0.39 is 0 Å². The maximum absolute atomic E-state index is 12.2. The molecular formula is C19H20IN3O2S. The van der Waals surface area contributed by atoms with Crippen LogP contribution < -0.4 is 16.0 Å². The third kappa shape index (κ3) is 6.38. The zero-order valence-electron chi connectivity index (χ0n) is 14.7. The van der Waals surface area contributed by atoms with Gasteiger partial charge in [-0.05, 0) is 98.0 Å². The Labute approximate surface area is 172 Å². The summed E-state index contributed by atoms with van der Waals surface area (Å²) >= 11 is 7.32. The van der Waals surface area contributed by atoms with Crippen LogP contribution in [0, 0.1) is 3.57 Å². The highest BCUT2D eigenvalue weighted by molar-refractivity contribution is 14.1. The molecule has 0 bridgehead atoms. The molecule has 0 aliphatic heterocycles. The van der Waals surface area contributed by atoms with Gasteiger partial charge in [-0.25, -0.2) is 0 Å². The fourth-order valence-electron chi connectivity index (χ4n) is 2.09. The van der Waals surface area contributed by atoms with Gasteiger partial charge in [-0.15, -0.1) is 0 Å². The van der Waals surface area contributed by atoms with E-state index in [0.717, 1.165) is 3.57 Å². The zero-order valence-corrected chi connectivity index (χ0v) is 17.7. The van der Waals surface area contributed by atoms with Crippen molar-refractivity contribution in [3.63, 3.8) is 0 Å². The Bertz CT molecular complexity index is 829. The molecule has 3 N–H and O–H groups in total. The number of halogens is 1. The van der Waals surface area contributed by atoms with Crippen molar-refractivity contribution in [2.75, 3.05) is 5.32 Å². The lowest BCUT2D eigenvalue weighted by Gasteiger charge is -2.20. The Morgan fingerprint density at radius 3 is 2.19 bits per heavy atom. The molecule has 0 saturated carbocycles. The Balaban J connectivity index is 1.95. The molecule has 0 heterocycles. The lowest BCUT2D eigenvalue weighted by molar-refractivity contribution is 0.0918. The monoisotopic (exact) mass is 481 g/mol. The Morgan fingerprint density at radius 2 is 1.62 bits per heavy atom. The van der Waals surface area contributed by atoms with Crippen molar-refractivity contribution in [1.29, 1.82) is 0 Å². The summed E-state index contributed by atoms with van der Waals surface area (Å²) in [6.07, 6.45) is 0. The molecule has 0 unspecified atom stereocenters. The van der Waals surface area contributed by atoms with Gasteiger partial charge in [0.1, 0.15) is 0 Å². The third-order valence-electron chi connectivity index (χ3n) is 3.21. The second-order valence-corrected chi connectivity index (χ2v) is 8.35. The number of anilines is 1. The number of nitrogens with one attached hydrogen (secondary N) is 3. The van der Waals surface area contributed by atoms with E-state index in [1.54, 1.807) is 36.4 Å². The van der Waals surface area contributed by atoms with E-state index in [2.05, 4.69) is 38.5 Å². The van der Waals surface area contributed by atoms with Gasteiger partial charge in [0.25, 0.3) is 11.8 Å². The molecule has 2 rings (SSSR count). The van der Waals surface area contributed by atoms with Gasteiger partial charge in [0, 0.05) is 25.9 Å². The van der Waals surface area contributed by atoms with Crippen LogP contribution in [0.3, 0.4) is 0 Å². The third-order valence-corrected chi connectivity index (χ3v) is 4.08. The summed E-state index contributed by atoms with van der Waals surface area (Å²) in [5, 5.41) is 8.67. The number of hydrogen-bond donors (Lipinski definition) is 3. The fourth-order valence-corrected chi connectivity index (χ4v) is 2.84. The minimum atomic E-state index is -0.297. The SMILES string of the molecule is CC(C)(C)NC(=O)c1ccc(NC(=S)NC(=O)c2cccc(I)c2)cc1. The van der Waals surface area contributed by atoms with Crippen molar-refractivity contribution in [3.8, 4) is 0 Å². The van der Waals surface area contributed by atoms with E-state index in [1.165, 1.54) is 0 Å². The minimum absolute atomic E-state index is 0.140. The first-order valence-corrected chi connectivity index (χ1v) is 9.43. The molecule has 0 atom stereocenters. The predicted octanol–water partition coefficient (Wildman–Crippen LogP) is 3.95. The van der Waals surface area contributed by atoms with Crippen LogP contribution in [0.5, 0.6) is 0 Å². The lowest BCUT2D eigenvalue weighted by Crippen LogP contribution is -2.40. The molecule has 5 nitrogen and oxygen atoms in total. The normalized spacial score (nSPS) is 10.8. The smallest absolute Gasteiger partial charge is 0.257 e. The van der Waals surface area contributed by atoms with Crippen LogP contribution in [-0.2, 0) is 0 Å². The molecule has 0 aromatic heterocycles. The van der Waals surface area contributed by atoms with Gasteiger partial charge in [0.05, 0.1) is 0 Å². The first kappa shape index (κ1) is 20.3. The van der Waals surface area contributed by atoms with Crippen LogP contribution in [0.15, 0.2) is 48.5 Å². The van der Waals surface area contributed by atoms with Gasteiger partial charge in [0.15, 0.2) is 5.11 Å². The van der Waals surface area contributed by atoms with Crippen LogP contribution in [0.4, 0.5) is 5.69 Å². The summed E-state index contributed by atoms with van der Waals surface area (Å²) in [5.74, 6) is -0.416. The van der Waals surface area contributed by atoms with Crippen molar-refractivity contribution in [2.45, 2.75) is 26.3 Å². The minimum Gasteiger partial charge on any atom is -0.347 e. The van der Waals surface area contributed by atoms with Crippen molar-refractivity contribution in [3.05, 3.63) is 63.2 Å². The van der Waals surface area contributed by atoms with Crippen LogP contribution in [0.1, 0.15) is 41.5 Å². The second kappa shape index (κ2) is 8.59. The molecule has 0 radical (unpaired) electrons. The van der Waals surface area contributed by atoms with Crippen molar-refractivity contribution >= 4 is 57.4 Å². The van der Waals surface area contributed by atoms with Gasteiger partial charge >= 0.3 is 0 Å². The first-order valence-electron chi connectivity index (χ1n) is 7.94. The van der Waals surface area contributed by atoms with Crippen molar-refractivity contribution < 1.29 is 9.59 Å². The summed E-state index contributed by atoms with van der Waals surface area (Å²) in [6, 6.07) is 14.1. The molecule has 2 amide bonds. The van der Waals surface area contributed by atoms with Crippen LogP contribution in [0.25, 0.3) is 0 Å². The topological polar surface area (TPSA) is 70.2 Å². The number of hydrogen-bond acceptors (Lipinski definition) is 3. The molecule has 2 aromatic carbocycles. The zero-order chi connectivity index (χ0) is 19.3. The number of rotatable bonds is 3. The van der Waals surface area contributed by atoms with Gasteiger partial charge in [-0.2, -0.15) is 0 Å².